The molecule has 1 aromatic rings. The second-order valence-electron chi connectivity index (χ2n) is 5.82. The number of rotatable bonds is 7. The summed E-state index contributed by atoms with van der Waals surface area (Å²) in [5, 5.41) is 5.40. The molecule has 1 heterocycles. The van der Waals surface area contributed by atoms with Crippen LogP contribution in [0.3, 0.4) is 0 Å². The highest BCUT2D eigenvalue weighted by Gasteiger charge is 2.30. The number of esters is 2. The molecule has 146 valence electrons. The van der Waals surface area contributed by atoms with Gasteiger partial charge >= 0.3 is 18.0 Å². The minimum absolute atomic E-state index is 0.173. The van der Waals surface area contributed by atoms with Crippen LogP contribution in [0.5, 0.6) is 5.75 Å². The Kier molecular flexibility index (Phi) is 7.06. The van der Waals surface area contributed by atoms with E-state index in [0.717, 1.165) is 5.56 Å². The third-order valence-electron chi connectivity index (χ3n) is 3.68. The molecule has 0 radical (unpaired) electrons. The van der Waals surface area contributed by atoms with Gasteiger partial charge in [-0.1, -0.05) is 17.7 Å². The topological polar surface area (TPSA) is 103 Å². The molecule has 8 nitrogen and oxygen atoms in total. The van der Waals surface area contributed by atoms with Crippen molar-refractivity contribution in [1.82, 2.24) is 10.6 Å². The largest absolute Gasteiger partial charge is 0.480 e. The number of carbonyl (C=O) groups excluding carboxylic acids is 3. The summed E-state index contributed by atoms with van der Waals surface area (Å²) >= 11 is 6.00. The molecule has 0 fully saturated rings. The third-order valence-corrected chi connectivity index (χ3v) is 3.99. The van der Waals surface area contributed by atoms with Crippen molar-refractivity contribution in [3.63, 3.8) is 0 Å². The Labute approximate surface area is 161 Å². The van der Waals surface area contributed by atoms with Gasteiger partial charge in [-0.3, -0.25) is 0 Å². The van der Waals surface area contributed by atoms with Crippen molar-refractivity contribution >= 4 is 29.6 Å². The molecule has 1 aromatic carbocycles. The number of hydrogen-bond donors (Lipinski definition) is 2. The number of nitrogens with one attached hydrogen (secondary N) is 2. The standard InChI is InChI=1S/C18H21ClN2O6/c1-4-25-17(23)16-11(3)20-18(24)21-13(16)8-27-15(22)9-26-14-7-10(2)5-6-12(14)19/h5-7,11H,4,8-9H2,1-3H3,(H2,20,21,24)/t11-/m0/s1. The van der Waals surface area contributed by atoms with Crippen LogP contribution in [-0.4, -0.2) is 43.8 Å². The lowest BCUT2D eigenvalue weighted by Crippen LogP contribution is -2.50. The molecular weight excluding hydrogens is 376 g/mol. The van der Waals surface area contributed by atoms with Gasteiger partial charge in [0.05, 0.1) is 28.9 Å². The van der Waals surface area contributed by atoms with Crippen LogP contribution < -0.4 is 15.4 Å². The van der Waals surface area contributed by atoms with E-state index in [4.69, 9.17) is 25.8 Å². The molecule has 0 aliphatic carbocycles. The Hall–Kier alpha value is -2.74. The van der Waals surface area contributed by atoms with Gasteiger partial charge in [-0.2, -0.15) is 0 Å². The molecule has 2 N–H and O–H groups in total. The second-order valence-corrected chi connectivity index (χ2v) is 6.22. The molecule has 2 amide bonds. The SMILES string of the molecule is CCOC(=O)C1=C(COC(=O)COc2cc(C)ccc2Cl)NC(=O)N[C@H]1C. The van der Waals surface area contributed by atoms with Gasteiger partial charge in [0.1, 0.15) is 12.4 Å². The molecule has 27 heavy (non-hydrogen) atoms. The summed E-state index contributed by atoms with van der Waals surface area (Å²) in [6.07, 6.45) is 0. The van der Waals surface area contributed by atoms with E-state index in [-0.39, 0.29) is 31.1 Å². The van der Waals surface area contributed by atoms with Gasteiger partial charge in [0, 0.05) is 0 Å². The molecule has 0 saturated carbocycles. The van der Waals surface area contributed by atoms with E-state index in [1.165, 1.54) is 0 Å². The van der Waals surface area contributed by atoms with E-state index in [2.05, 4.69) is 10.6 Å². The van der Waals surface area contributed by atoms with Crippen LogP contribution in [0.25, 0.3) is 0 Å². The zero-order valence-corrected chi connectivity index (χ0v) is 16.0. The fraction of sp³-hybridized carbons (Fsp3) is 0.389. The van der Waals surface area contributed by atoms with Gasteiger partial charge in [-0.15, -0.1) is 0 Å². The Morgan fingerprint density at radius 3 is 2.70 bits per heavy atom. The summed E-state index contributed by atoms with van der Waals surface area (Å²) in [5.74, 6) is -0.904. The quantitative estimate of drug-likeness (QED) is 0.684. The lowest BCUT2D eigenvalue weighted by molar-refractivity contribution is -0.145. The monoisotopic (exact) mass is 396 g/mol. The molecule has 9 heteroatoms. The van der Waals surface area contributed by atoms with Crippen molar-refractivity contribution in [1.29, 1.82) is 0 Å². The number of aryl methyl sites for hydroxylation is 1. The lowest BCUT2D eigenvalue weighted by Gasteiger charge is -2.26. The number of hydrogen-bond acceptors (Lipinski definition) is 6. The maximum Gasteiger partial charge on any atom is 0.344 e. The average Bonchev–Trinajstić information content (AvgIpc) is 2.60. The summed E-state index contributed by atoms with van der Waals surface area (Å²) in [5.41, 5.74) is 1.30. The van der Waals surface area contributed by atoms with Crippen LogP contribution >= 0.6 is 11.6 Å². The number of ether oxygens (including phenoxy) is 3. The van der Waals surface area contributed by atoms with Crippen LogP contribution in [0.2, 0.25) is 5.02 Å². The maximum absolute atomic E-state index is 12.1. The van der Waals surface area contributed by atoms with E-state index in [1.807, 2.05) is 13.0 Å². The predicted octanol–water partition coefficient (Wildman–Crippen LogP) is 2.09. The number of amides is 2. The minimum atomic E-state index is -0.677. The smallest absolute Gasteiger partial charge is 0.344 e. The zero-order valence-electron chi connectivity index (χ0n) is 15.3. The fourth-order valence-electron chi connectivity index (χ4n) is 2.45. The lowest BCUT2D eigenvalue weighted by atomic mass is 10.0. The van der Waals surface area contributed by atoms with Crippen LogP contribution in [0.15, 0.2) is 29.5 Å². The van der Waals surface area contributed by atoms with Crippen LogP contribution in [-0.2, 0) is 19.1 Å². The normalized spacial score (nSPS) is 16.3. The highest BCUT2D eigenvalue weighted by atomic mass is 35.5. The molecule has 0 unspecified atom stereocenters. The van der Waals surface area contributed by atoms with Crippen molar-refractivity contribution < 1.29 is 28.6 Å². The van der Waals surface area contributed by atoms with Gasteiger partial charge < -0.3 is 24.8 Å². The van der Waals surface area contributed by atoms with Gasteiger partial charge in [0.15, 0.2) is 6.61 Å². The molecule has 0 saturated heterocycles. The van der Waals surface area contributed by atoms with Crippen LogP contribution in [0.1, 0.15) is 19.4 Å². The Bertz CT molecular complexity index is 777. The molecular formula is C18H21ClN2O6. The van der Waals surface area contributed by atoms with Gasteiger partial charge in [-0.25, -0.2) is 14.4 Å². The first-order chi connectivity index (χ1) is 12.8. The second kappa shape index (κ2) is 9.27. The zero-order chi connectivity index (χ0) is 20.0. The Morgan fingerprint density at radius 1 is 1.26 bits per heavy atom. The Morgan fingerprint density at radius 2 is 2.00 bits per heavy atom. The summed E-state index contributed by atoms with van der Waals surface area (Å²) in [6.45, 7) is 4.69. The first-order valence-corrected chi connectivity index (χ1v) is 8.71. The highest BCUT2D eigenvalue weighted by Crippen LogP contribution is 2.25. The predicted molar refractivity (Wildman–Crippen MR) is 97.4 cm³/mol. The molecule has 1 atom stereocenters. The van der Waals surface area contributed by atoms with E-state index in [0.29, 0.717) is 10.8 Å². The van der Waals surface area contributed by atoms with Crippen LogP contribution in [0.4, 0.5) is 4.79 Å². The van der Waals surface area contributed by atoms with Crippen LogP contribution in [0, 0.1) is 6.92 Å². The van der Waals surface area contributed by atoms with Crippen molar-refractivity contribution in [3.8, 4) is 5.75 Å². The summed E-state index contributed by atoms with van der Waals surface area (Å²) in [6, 6.07) is 4.11. The molecule has 1 aliphatic rings. The van der Waals surface area contributed by atoms with E-state index < -0.39 is 24.0 Å². The molecule has 0 aromatic heterocycles. The Balaban J connectivity index is 2.00. The van der Waals surface area contributed by atoms with E-state index >= 15 is 0 Å². The van der Waals surface area contributed by atoms with Gasteiger partial charge in [-0.05, 0) is 38.5 Å². The van der Waals surface area contributed by atoms with E-state index in [1.54, 1.807) is 26.0 Å². The fourth-order valence-corrected chi connectivity index (χ4v) is 2.62. The molecule has 0 bridgehead atoms. The summed E-state index contributed by atoms with van der Waals surface area (Å²) < 4.78 is 15.5. The van der Waals surface area contributed by atoms with Gasteiger partial charge in [0.2, 0.25) is 0 Å². The first kappa shape index (κ1) is 20.6. The molecule has 2 rings (SSSR count). The number of urea groups is 1. The maximum atomic E-state index is 12.1. The van der Waals surface area contributed by atoms with E-state index in [9.17, 15) is 14.4 Å². The number of benzene rings is 1. The van der Waals surface area contributed by atoms with Crippen molar-refractivity contribution in [2.45, 2.75) is 26.8 Å². The number of halogens is 1. The molecule has 1 aliphatic heterocycles. The summed E-state index contributed by atoms with van der Waals surface area (Å²) in [7, 11) is 0. The highest BCUT2D eigenvalue weighted by molar-refractivity contribution is 6.32. The van der Waals surface area contributed by atoms with Crippen molar-refractivity contribution in [2.75, 3.05) is 19.8 Å². The average molecular weight is 397 g/mol. The first-order valence-electron chi connectivity index (χ1n) is 8.34. The minimum Gasteiger partial charge on any atom is -0.480 e. The van der Waals surface area contributed by atoms with Crippen molar-refractivity contribution in [3.05, 3.63) is 40.1 Å². The van der Waals surface area contributed by atoms with Gasteiger partial charge in [0.25, 0.3) is 0 Å². The van der Waals surface area contributed by atoms with Crippen molar-refractivity contribution in [2.24, 2.45) is 0 Å². The molecule has 0 spiro atoms. The number of carbonyl (C=O) groups is 3. The summed E-state index contributed by atoms with van der Waals surface area (Å²) in [4.78, 5) is 35.7. The third kappa shape index (κ3) is 5.62.